The molecule has 1 nitrogen and oxygen atoms in total. The van der Waals surface area contributed by atoms with Crippen molar-refractivity contribution in [2.24, 2.45) is 0 Å². The molecule has 0 aliphatic carbocycles. The first kappa shape index (κ1) is 9.98. The van der Waals surface area contributed by atoms with E-state index in [1.807, 2.05) is 11.4 Å². The maximum Gasteiger partial charge on any atom is 0.401 e. The summed E-state index contributed by atoms with van der Waals surface area (Å²) in [7, 11) is 0. The molecule has 1 aromatic rings. The largest absolute Gasteiger partial charge is 0.401 e. The van der Waals surface area contributed by atoms with Crippen molar-refractivity contribution in [3.8, 4) is 0 Å². The molecule has 0 bridgehead atoms. The summed E-state index contributed by atoms with van der Waals surface area (Å²) in [6.07, 6.45) is -3.32. The van der Waals surface area contributed by atoms with Crippen LogP contribution in [0.3, 0.4) is 0 Å². The average molecular weight is 221 g/mol. The third kappa shape index (κ3) is 2.27. The lowest BCUT2D eigenvalue weighted by molar-refractivity contribution is -0.147. The van der Waals surface area contributed by atoms with E-state index in [-0.39, 0.29) is 0 Å². The Hall–Kier alpha value is -0.550. The number of halogens is 3. The van der Waals surface area contributed by atoms with Crippen molar-refractivity contribution < 1.29 is 13.2 Å². The Balaban J connectivity index is 2.01. The lowest BCUT2D eigenvalue weighted by Gasteiger charge is -2.27. The van der Waals surface area contributed by atoms with Crippen LogP contribution >= 0.6 is 11.3 Å². The number of rotatable bonds is 1. The van der Waals surface area contributed by atoms with Gasteiger partial charge >= 0.3 is 6.18 Å². The van der Waals surface area contributed by atoms with Gasteiger partial charge in [-0.25, -0.2) is 0 Å². The molecule has 1 aliphatic rings. The van der Waals surface area contributed by atoms with E-state index in [2.05, 4.69) is 0 Å². The monoisotopic (exact) mass is 221 g/mol. The van der Waals surface area contributed by atoms with E-state index in [9.17, 15) is 13.2 Å². The Bertz CT molecular complexity index is 318. The van der Waals surface area contributed by atoms with Crippen LogP contribution in [-0.4, -0.2) is 24.2 Å². The van der Waals surface area contributed by atoms with Crippen molar-refractivity contribution in [1.82, 2.24) is 4.90 Å². The Labute approximate surface area is 84.1 Å². The molecule has 2 heterocycles. The first-order chi connectivity index (χ1) is 6.54. The molecule has 0 radical (unpaired) electrons. The number of hydrogen-bond acceptors (Lipinski definition) is 2. The quantitative estimate of drug-likeness (QED) is 0.704. The minimum Gasteiger partial charge on any atom is -0.290 e. The zero-order chi connectivity index (χ0) is 10.2. The van der Waals surface area contributed by atoms with Crippen molar-refractivity contribution in [3.05, 3.63) is 21.9 Å². The van der Waals surface area contributed by atoms with Crippen LogP contribution in [0.4, 0.5) is 13.2 Å². The molecule has 0 fully saturated rings. The molecule has 0 unspecified atom stereocenters. The highest BCUT2D eigenvalue weighted by Crippen LogP contribution is 2.26. The van der Waals surface area contributed by atoms with Crippen LogP contribution in [0.1, 0.15) is 10.4 Å². The predicted molar refractivity (Wildman–Crippen MR) is 49.4 cm³/mol. The van der Waals surface area contributed by atoms with Gasteiger partial charge in [0.2, 0.25) is 0 Å². The molecule has 1 aliphatic heterocycles. The van der Waals surface area contributed by atoms with E-state index >= 15 is 0 Å². The van der Waals surface area contributed by atoms with Crippen molar-refractivity contribution >= 4 is 11.3 Å². The van der Waals surface area contributed by atoms with E-state index in [0.29, 0.717) is 13.1 Å². The van der Waals surface area contributed by atoms with Crippen molar-refractivity contribution in [2.45, 2.75) is 19.1 Å². The first-order valence-corrected chi connectivity index (χ1v) is 5.27. The number of thiophene rings is 1. The van der Waals surface area contributed by atoms with Gasteiger partial charge in [-0.05, 0) is 23.4 Å². The molecule has 14 heavy (non-hydrogen) atoms. The Morgan fingerprint density at radius 2 is 2.21 bits per heavy atom. The average Bonchev–Trinajstić information content (AvgIpc) is 2.47. The van der Waals surface area contributed by atoms with Gasteiger partial charge in [0, 0.05) is 18.0 Å². The van der Waals surface area contributed by atoms with Crippen LogP contribution in [0.5, 0.6) is 0 Å². The fourth-order valence-corrected chi connectivity index (χ4v) is 2.59. The number of nitrogens with zero attached hydrogens (tertiary/aromatic N) is 1. The third-order valence-corrected chi connectivity index (χ3v) is 3.31. The van der Waals surface area contributed by atoms with Crippen LogP contribution < -0.4 is 0 Å². The molecule has 0 amide bonds. The van der Waals surface area contributed by atoms with Crippen LogP contribution in [0, 0.1) is 0 Å². The number of fused-ring (bicyclic) bond motifs is 1. The molecule has 1 aromatic heterocycles. The standard InChI is InChI=1S/C9H10F3NS/c10-9(11,12)6-13-3-1-8-7(5-13)2-4-14-8/h2,4H,1,3,5-6H2. The van der Waals surface area contributed by atoms with E-state index in [4.69, 9.17) is 0 Å². The molecule has 0 N–H and O–H groups in total. The molecule has 0 saturated carbocycles. The highest BCUT2D eigenvalue weighted by molar-refractivity contribution is 7.10. The van der Waals surface area contributed by atoms with Gasteiger partial charge in [-0.3, -0.25) is 4.90 Å². The van der Waals surface area contributed by atoms with Crippen LogP contribution in [0.15, 0.2) is 11.4 Å². The highest BCUT2D eigenvalue weighted by Gasteiger charge is 2.32. The summed E-state index contributed by atoms with van der Waals surface area (Å²) in [5.41, 5.74) is 1.06. The smallest absolute Gasteiger partial charge is 0.290 e. The summed E-state index contributed by atoms with van der Waals surface area (Å²) in [4.78, 5) is 2.69. The molecule has 78 valence electrons. The molecule has 0 saturated heterocycles. The van der Waals surface area contributed by atoms with Gasteiger partial charge in [0.1, 0.15) is 0 Å². The number of hydrogen-bond donors (Lipinski definition) is 0. The minimum absolute atomic E-state index is 0.443. The molecule has 0 atom stereocenters. The van der Waals surface area contributed by atoms with Gasteiger partial charge in [-0.1, -0.05) is 0 Å². The SMILES string of the molecule is FC(F)(F)CN1CCc2sccc2C1. The summed E-state index contributed by atoms with van der Waals surface area (Å²) in [5, 5.41) is 1.95. The van der Waals surface area contributed by atoms with Gasteiger partial charge in [0.15, 0.2) is 0 Å². The van der Waals surface area contributed by atoms with E-state index < -0.39 is 12.7 Å². The summed E-state index contributed by atoms with van der Waals surface area (Å²) >= 11 is 1.64. The topological polar surface area (TPSA) is 3.24 Å². The van der Waals surface area contributed by atoms with Gasteiger partial charge in [-0.15, -0.1) is 11.3 Å². The summed E-state index contributed by atoms with van der Waals surface area (Å²) in [5.74, 6) is 0. The zero-order valence-corrected chi connectivity index (χ0v) is 8.29. The second-order valence-corrected chi connectivity index (χ2v) is 4.45. The van der Waals surface area contributed by atoms with Crippen molar-refractivity contribution in [2.75, 3.05) is 13.1 Å². The lowest BCUT2D eigenvalue weighted by atomic mass is 10.1. The zero-order valence-electron chi connectivity index (χ0n) is 7.47. The van der Waals surface area contributed by atoms with E-state index in [1.54, 1.807) is 11.3 Å². The third-order valence-electron chi connectivity index (χ3n) is 2.29. The van der Waals surface area contributed by atoms with Crippen LogP contribution in [0.2, 0.25) is 0 Å². The summed E-state index contributed by atoms with van der Waals surface area (Å²) < 4.78 is 36.3. The maximum atomic E-state index is 12.1. The van der Waals surface area contributed by atoms with E-state index in [1.165, 1.54) is 9.78 Å². The van der Waals surface area contributed by atoms with Gasteiger partial charge in [-0.2, -0.15) is 13.2 Å². The fourth-order valence-electron chi connectivity index (χ4n) is 1.70. The predicted octanol–water partition coefficient (Wildman–Crippen LogP) is 2.67. The van der Waals surface area contributed by atoms with Gasteiger partial charge in [0.25, 0.3) is 0 Å². The van der Waals surface area contributed by atoms with Crippen molar-refractivity contribution in [1.29, 1.82) is 0 Å². The van der Waals surface area contributed by atoms with Crippen molar-refractivity contribution in [3.63, 3.8) is 0 Å². The molecule has 2 rings (SSSR count). The lowest BCUT2D eigenvalue weighted by Crippen LogP contribution is -2.37. The molecule has 5 heteroatoms. The Kier molecular flexibility index (Phi) is 2.53. The minimum atomic E-state index is -4.08. The van der Waals surface area contributed by atoms with Gasteiger partial charge in [0.05, 0.1) is 6.54 Å². The molecule has 0 spiro atoms. The summed E-state index contributed by atoms with van der Waals surface area (Å²) in [6.45, 7) is 0.174. The first-order valence-electron chi connectivity index (χ1n) is 4.39. The molecular weight excluding hydrogens is 211 g/mol. The Morgan fingerprint density at radius 3 is 2.93 bits per heavy atom. The number of alkyl halides is 3. The Morgan fingerprint density at radius 1 is 1.43 bits per heavy atom. The fraction of sp³-hybridized carbons (Fsp3) is 0.556. The molecule has 0 aromatic carbocycles. The highest BCUT2D eigenvalue weighted by atomic mass is 32.1. The van der Waals surface area contributed by atoms with E-state index in [0.717, 1.165) is 12.0 Å². The summed E-state index contributed by atoms with van der Waals surface area (Å²) in [6, 6.07) is 1.92. The van der Waals surface area contributed by atoms with Gasteiger partial charge < -0.3 is 0 Å². The normalized spacial score (nSPS) is 18.2. The second-order valence-electron chi connectivity index (χ2n) is 3.44. The maximum absolute atomic E-state index is 12.1. The second kappa shape index (κ2) is 3.55. The molecular formula is C9H10F3NS. The van der Waals surface area contributed by atoms with Crippen LogP contribution in [-0.2, 0) is 13.0 Å². The van der Waals surface area contributed by atoms with Crippen LogP contribution in [0.25, 0.3) is 0 Å².